The van der Waals surface area contributed by atoms with E-state index in [4.69, 9.17) is 0 Å². The van der Waals surface area contributed by atoms with Crippen molar-refractivity contribution in [1.29, 1.82) is 0 Å². The van der Waals surface area contributed by atoms with Gasteiger partial charge in [0.25, 0.3) is 0 Å². The van der Waals surface area contributed by atoms with E-state index in [1.54, 1.807) is 20.0 Å². The smallest absolute Gasteiger partial charge is 0.198 e. The van der Waals surface area contributed by atoms with Gasteiger partial charge in [0.1, 0.15) is 5.60 Å². The maximum absolute atomic E-state index is 9.56. The number of aromatic nitrogens is 2. The van der Waals surface area contributed by atoms with Gasteiger partial charge in [-0.1, -0.05) is 0 Å². The zero-order valence-corrected chi connectivity index (χ0v) is 6.92. The van der Waals surface area contributed by atoms with Crippen molar-refractivity contribution < 1.29 is 5.11 Å². The van der Waals surface area contributed by atoms with Crippen LogP contribution in [-0.4, -0.2) is 15.1 Å². The molecule has 11 heavy (non-hydrogen) atoms. The topological polar surface area (TPSA) is 46.0 Å². The highest BCUT2D eigenvalue weighted by atomic mass is 16.3. The van der Waals surface area contributed by atoms with E-state index in [0.717, 1.165) is 5.56 Å². The van der Waals surface area contributed by atoms with E-state index in [1.165, 1.54) is 0 Å². The molecule has 0 fully saturated rings. The molecule has 0 aromatic carbocycles. The normalized spacial score (nSPS) is 11.6. The zero-order chi connectivity index (χ0) is 8.48. The molecule has 0 aliphatic rings. The van der Waals surface area contributed by atoms with Crippen molar-refractivity contribution in [2.24, 2.45) is 0 Å². The van der Waals surface area contributed by atoms with Crippen LogP contribution in [0.15, 0.2) is 6.20 Å². The van der Waals surface area contributed by atoms with Crippen molar-refractivity contribution in [1.82, 2.24) is 9.97 Å². The molecule has 1 radical (unpaired) electrons. The van der Waals surface area contributed by atoms with Crippen LogP contribution < -0.4 is 0 Å². The van der Waals surface area contributed by atoms with Gasteiger partial charge in [0.2, 0.25) is 0 Å². The summed E-state index contributed by atoms with van der Waals surface area (Å²) in [4.78, 5) is 7.57. The summed E-state index contributed by atoms with van der Waals surface area (Å²) < 4.78 is 0. The summed E-state index contributed by atoms with van der Waals surface area (Å²) in [6, 6.07) is 0. The monoisotopic (exact) mass is 151 g/mol. The van der Waals surface area contributed by atoms with Crippen molar-refractivity contribution in [3.8, 4) is 0 Å². The molecule has 0 amide bonds. The van der Waals surface area contributed by atoms with Gasteiger partial charge in [-0.15, -0.1) is 0 Å². The van der Waals surface area contributed by atoms with Crippen LogP contribution in [0, 0.1) is 13.3 Å². The molecule has 1 heterocycles. The first-order chi connectivity index (χ1) is 5.02. The summed E-state index contributed by atoms with van der Waals surface area (Å²) in [5.41, 5.74) is 0.618. The second-order valence-electron chi connectivity index (χ2n) is 3.06. The van der Waals surface area contributed by atoms with Crippen molar-refractivity contribution in [3.05, 3.63) is 23.8 Å². The Bertz CT molecular complexity index is 253. The predicted molar refractivity (Wildman–Crippen MR) is 40.8 cm³/mol. The lowest BCUT2D eigenvalue weighted by molar-refractivity contribution is 0.0728. The van der Waals surface area contributed by atoms with Gasteiger partial charge in [0.05, 0.1) is 5.69 Å². The predicted octanol–water partition coefficient (Wildman–Crippen LogP) is 0.813. The summed E-state index contributed by atoms with van der Waals surface area (Å²) in [7, 11) is 0. The summed E-state index contributed by atoms with van der Waals surface area (Å²) in [5, 5.41) is 9.56. The van der Waals surface area contributed by atoms with Gasteiger partial charge in [0.15, 0.2) is 6.33 Å². The van der Waals surface area contributed by atoms with Gasteiger partial charge in [0, 0.05) is 6.20 Å². The van der Waals surface area contributed by atoms with Crippen LogP contribution in [0.1, 0.15) is 25.1 Å². The molecule has 59 valence electrons. The first-order valence-electron chi connectivity index (χ1n) is 3.44. The van der Waals surface area contributed by atoms with E-state index in [0.29, 0.717) is 5.69 Å². The average molecular weight is 151 g/mol. The van der Waals surface area contributed by atoms with Crippen LogP contribution in [-0.2, 0) is 5.60 Å². The van der Waals surface area contributed by atoms with Gasteiger partial charge < -0.3 is 5.11 Å². The van der Waals surface area contributed by atoms with E-state index in [2.05, 4.69) is 16.3 Å². The molecule has 0 unspecified atom stereocenters. The highest BCUT2D eigenvalue weighted by Gasteiger charge is 2.19. The van der Waals surface area contributed by atoms with E-state index >= 15 is 0 Å². The minimum Gasteiger partial charge on any atom is -0.384 e. The zero-order valence-electron chi connectivity index (χ0n) is 6.92. The van der Waals surface area contributed by atoms with E-state index < -0.39 is 5.60 Å². The van der Waals surface area contributed by atoms with Crippen molar-refractivity contribution in [3.63, 3.8) is 0 Å². The van der Waals surface area contributed by atoms with Crippen LogP contribution >= 0.6 is 0 Å². The van der Waals surface area contributed by atoms with Crippen LogP contribution in [0.4, 0.5) is 0 Å². The summed E-state index contributed by atoms with van der Waals surface area (Å²) in [6.07, 6.45) is 4.09. The molecular formula is C8H11N2O. The highest BCUT2D eigenvalue weighted by Crippen LogP contribution is 2.18. The van der Waals surface area contributed by atoms with Crippen molar-refractivity contribution in [2.75, 3.05) is 0 Å². The first kappa shape index (κ1) is 8.14. The third-order valence-electron chi connectivity index (χ3n) is 1.43. The minimum absolute atomic E-state index is 0.632. The van der Waals surface area contributed by atoms with Gasteiger partial charge in [-0.05, 0) is 26.3 Å². The number of rotatable bonds is 1. The molecule has 0 atom stereocenters. The molecule has 0 spiro atoms. The van der Waals surface area contributed by atoms with E-state index in [9.17, 15) is 5.11 Å². The second kappa shape index (κ2) is 2.58. The molecule has 1 rings (SSSR count). The van der Waals surface area contributed by atoms with E-state index in [-0.39, 0.29) is 0 Å². The molecule has 3 heteroatoms. The fourth-order valence-corrected chi connectivity index (χ4v) is 0.973. The number of nitrogens with zero attached hydrogens (tertiary/aromatic N) is 2. The Labute approximate surface area is 66.1 Å². The van der Waals surface area contributed by atoms with Crippen LogP contribution in [0.5, 0.6) is 0 Å². The maximum atomic E-state index is 9.56. The van der Waals surface area contributed by atoms with Crippen LogP contribution in [0.2, 0.25) is 0 Å². The molecule has 1 N–H and O–H groups in total. The second-order valence-corrected chi connectivity index (χ2v) is 3.06. The molecular weight excluding hydrogens is 140 g/mol. The van der Waals surface area contributed by atoms with Crippen molar-refractivity contribution >= 4 is 0 Å². The molecule has 0 saturated heterocycles. The largest absolute Gasteiger partial charge is 0.384 e. The van der Waals surface area contributed by atoms with Crippen molar-refractivity contribution in [2.45, 2.75) is 26.4 Å². The Balaban J connectivity index is 3.14. The lowest BCUT2D eigenvalue weighted by atomic mass is 10.0. The fraction of sp³-hybridized carbons (Fsp3) is 0.500. The Morgan fingerprint density at radius 2 is 2.18 bits per heavy atom. The Kier molecular flexibility index (Phi) is 1.91. The number of hydrogen-bond acceptors (Lipinski definition) is 3. The van der Waals surface area contributed by atoms with Crippen LogP contribution in [0.3, 0.4) is 0 Å². The summed E-state index contributed by atoms with van der Waals surface area (Å²) in [6.45, 7) is 5.24. The molecule has 0 aliphatic heterocycles. The molecule has 3 nitrogen and oxygen atoms in total. The maximum Gasteiger partial charge on any atom is 0.198 e. The fourth-order valence-electron chi connectivity index (χ4n) is 0.973. The Morgan fingerprint density at radius 1 is 1.55 bits per heavy atom. The number of hydrogen-bond donors (Lipinski definition) is 1. The minimum atomic E-state index is -0.899. The third-order valence-corrected chi connectivity index (χ3v) is 1.43. The molecule has 0 aliphatic carbocycles. The quantitative estimate of drug-likeness (QED) is 0.646. The number of aliphatic hydroxyl groups is 1. The summed E-state index contributed by atoms with van der Waals surface area (Å²) in [5.74, 6) is 0. The lowest BCUT2D eigenvalue weighted by Gasteiger charge is -2.17. The molecule has 0 bridgehead atoms. The SMILES string of the molecule is Cc1cn[c]nc1C(C)(C)O. The van der Waals surface area contributed by atoms with Gasteiger partial charge in [-0.25, -0.2) is 9.97 Å². The average Bonchev–Trinajstić information content (AvgIpc) is 1.86. The first-order valence-corrected chi connectivity index (χ1v) is 3.44. The standard InChI is InChI=1S/C8H11N2O/c1-6-4-9-5-10-7(6)8(2,3)11/h4,11H,1-3H3. The van der Waals surface area contributed by atoms with Gasteiger partial charge in [-0.2, -0.15) is 0 Å². The van der Waals surface area contributed by atoms with Crippen LogP contribution in [0.25, 0.3) is 0 Å². The van der Waals surface area contributed by atoms with Gasteiger partial charge in [-0.3, -0.25) is 0 Å². The third kappa shape index (κ3) is 1.74. The Hall–Kier alpha value is -0.960. The lowest BCUT2D eigenvalue weighted by Crippen LogP contribution is -2.19. The molecule has 1 aromatic rings. The van der Waals surface area contributed by atoms with E-state index in [1.807, 2.05) is 6.92 Å². The van der Waals surface area contributed by atoms with Gasteiger partial charge >= 0.3 is 0 Å². The molecule has 1 aromatic heterocycles. The highest BCUT2D eigenvalue weighted by molar-refractivity contribution is 5.18. The number of aryl methyl sites for hydroxylation is 1. The molecule has 0 saturated carbocycles. The summed E-state index contributed by atoms with van der Waals surface area (Å²) >= 11 is 0. The Morgan fingerprint density at radius 3 is 2.55 bits per heavy atom.